The van der Waals surface area contributed by atoms with Gasteiger partial charge in [-0.2, -0.15) is 0 Å². The standard InChI is InChI=1S/C17H26N2O2/c1-17(2,3)12-19(4)10-13(20)11-21-16-7-5-6-15-14(16)8-9-18-15/h5-9,13,18,20H,10-12H2,1-4H3. The Labute approximate surface area is 126 Å². The predicted octanol–water partition coefficient (Wildman–Crippen LogP) is 2.89. The molecular weight excluding hydrogens is 264 g/mol. The lowest BCUT2D eigenvalue weighted by Crippen LogP contribution is -2.37. The van der Waals surface area contributed by atoms with Gasteiger partial charge in [0.2, 0.25) is 0 Å². The zero-order valence-electron chi connectivity index (χ0n) is 13.4. The van der Waals surface area contributed by atoms with Crippen molar-refractivity contribution in [2.45, 2.75) is 26.9 Å². The number of ether oxygens (including phenoxy) is 1. The Kier molecular flexibility index (Phi) is 4.91. The van der Waals surface area contributed by atoms with E-state index >= 15 is 0 Å². The first-order valence-electron chi connectivity index (χ1n) is 7.41. The van der Waals surface area contributed by atoms with E-state index in [9.17, 15) is 5.11 Å². The third-order valence-electron chi connectivity index (χ3n) is 3.25. The predicted molar refractivity (Wildman–Crippen MR) is 86.8 cm³/mol. The molecule has 4 heteroatoms. The van der Waals surface area contributed by atoms with E-state index in [0.717, 1.165) is 23.2 Å². The van der Waals surface area contributed by atoms with Gasteiger partial charge in [-0.25, -0.2) is 0 Å². The van der Waals surface area contributed by atoms with E-state index in [-0.39, 0.29) is 5.41 Å². The first-order valence-corrected chi connectivity index (χ1v) is 7.41. The van der Waals surface area contributed by atoms with Crippen molar-refractivity contribution in [2.75, 3.05) is 26.7 Å². The largest absolute Gasteiger partial charge is 0.490 e. The Morgan fingerprint density at radius 1 is 1.29 bits per heavy atom. The van der Waals surface area contributed by atoms with E-state index < -0.39 is 6.10 Å². The van der Waals surface area contributed by atoms with Crippen LogP contribution in [0.15, 0.2) is 30.5 Å². The molecule has 2 rings (SSSR count). The molecule has 0 aliphatic heterocycles. The van der Waals surface area contributed by atoms with Crippen LogP contribution in [0.3, 0.4) is 0 Å². The van der Waals surface area contributed by atoms with Gasteiger partial charge in [-0.1, -0.05) is 26.8 Å². The molecule has 2 N–H and O–H groups in total. The van der Waals surface area contributed by atoms with Crippen molar-refractivity contribution in [3.63, 3.8) is 0 Å². The highest BCUT2D eigenvalue weighted by molar-refractivity contribution is 5.85. The van der Waals surface area contributed by atoms with E-state index in [2.05, 4.69) is 30.7 Å². The number of hydrogen-bond donors (Lipinski definition) is 2. The fourth-order valence-electron chi connectivity index (χ4n) is 2.66. The third-order valence-corrected chi connectivity index (χ3v) is 3.25. The molecule has 0 fully saturated rings. The number of H-pyrrole nitrogens is 1. The molecule has 116 valence electrons. The van der Waals surface area contributed by atoms with Crippen LogP contribution in [-0.2, 0) is 0 Å². The average molecular weight is 290 g/mol. The lowest BCUT2D eigenvalue weighted by molar-refractivity contribution is 0.0672. The molecule has 1 heterocycles. The van der Waals surface area contributed by atoms with Crippen molar-refractivity contribution in [3.8, 4) is 5.75 Å². The maximum Gasteiger partial charge on any atom is 0.128 e. The monoisotopic (exact) mass is 290 g/mol. The van der Waals surface area contributed by atoms with Gasteiger partial charge in [0.15, 0.2) is 0 Å². The maximum atomic E-state index is 10.1. The van der Waals surface area contributed by atoms with Crippen LogP contribution in [0.5, 0.6) is 5.75 Å². The quantitative estimate of drug-likeness (QED) is 0.860. The van der Waals surface area contributed by atoms with Crippen molar-refractivity contribution in [2.24, 2.45) is 5.41 Å². The fourth-order valence-corrected chi connectivity index (χ4v) is 2.66. The zero-order chi connectivity index (χ0) is 15.5. The minimum Gasteiger partial charge on any atom is -0.490 e. The fraction of sp³-hybridized carbons (Fsp3) is 0.529. The summed E-state index contributed by atoms with van der Waals surface area (Å²) in [4.78, 5) is 5.30. The summed E-state index contributed by atoms with van der Waals surface area (Å²) in [5, 5.41) is 11.2. The van der Waals surface area contributed by atoms with E-state index in [1.807, 2.05) is 37.5 Å². The van der Waals surface area contributed by atoms with Crippen molar-refractivity contribution < 1.29 is 9.84 Å². The number of nitrogens with one attached hydrogen (secondary N) is 1. The number of aliphatic hydroxyl groups excluding tert-OH is 1. The Balaban J connectivity index is 1.86. The van der Waals surface area contributed by atoms with Crippen LogP contribution < -0.4 is 4.74 Å². The summed E-state index contributed by atoms with van der Waals surface area (Å²) in [5.41, 5.74) is 1.28. The van der Waals surface area contributed by atoms with Gasteiger partial charge in [0, 0.05) is 30.2 Å². The summed E-state index contributed by atoms with van der Waals surface area (Å²) >= 11 is 0. The molecule has 1 aromatic carbocycles. The minimum absolute atomic E-state index is 0.228. The SMILES string of the molecule is CN(CC(O)COc1cccc2[nH]ccc12)CC(C)(C)C. The van der Waals surface area contributed by atoms with Crippen LogP contribution in [0.1, 0.15) is 20.8 Å². The second-order valence-electron chi connectivity index (χ2n) is 6.92. The first kappa shape index (κ1) is 15.9. The molecule has 0 amide bonds. The number of aromatic amines is 1. The van der Waals surface area contributed by atoms with Gasteiger partial charge in [0.25, 0.3) is 0 Å². The molecule has 0 saturated heterocycles. The van der Waals surface area contributed by atoms with Gasteiger partial charge in [-0.3, -0.25) is 0 Å². The van der Waals surface area contributed by atoms with Gasteiger partial charge in [0.1, 0.15) is 18.5 Å². The number of aliphatic hydroxyl groups is 1. The summed E-state index contributed by atoms with van der Waals surface area (Å²) in [6.45, 7) is 8.44. The topological polar surface area (TPSA) is 48.5 Å². The molecule has 0 saturated carbocycles. The number of fused-ring (bicyclic) bond motifs is 1. The van der Waals surface area contributed by atoms with Crippen LogP contribution in [0, 0.1) is 5.41 Å². The number of nitrogens with zero attached hydrogens (tertiary/aromatic N) is 1. The van der Waals surface area contributed by atoms with Crippen LogP contribution >= 0.6 is 0 Å². The molecule has 1 unspecified atom stereocenters. The van der Waals surface area contributed by atoms with E-state index in [1.165, 1.54) is 0 Å². The molecular formula is C17H26N2O2. The molecule has 0 bridgehead atoms. The van der Waals surface area contributed by atoms with E-state index in [4.69, 9.17) is 4.74 Å². The van der Waals surface area contributed by atoms with Gasteiger partial charge < -0.3 is 19.7 Å². The lowest BCUT2D eigenvalue weighted by Gasteiger charge is -2.28. The van der Waals surface area contributed by atoms with Gasteiger partial charge in [0.05, 0.1) is 0 Å². The summed E-state index contributed by atoms with van der Waals surface area (Å²) in [6, 6.07) is 7.88. The molecule has 21 heavy (non-hydrogen) atoms. The highest BCUT2D eigenvalue weighted by Crippen LogP contribution is 2.24. The summed E-state index contributed by atoms with van der Waals surface area (Å²) in [5.74, 6) is 0.811. The Morgan fingerprint density at radius 2 is 2.05 bits per heavy atom. The van der Waals surface area contributed by atoms with E-state index in [1.54, 1.807) is 0 Å². The number of hydrogen-bond acceptors (Lipinski definition) is 3. The van der Waals surface area contributed by atoms with Gasteiger partial charge >= 0.3 is 0 Å². The Morgan fingerprint density at radius 3 is 2.76 bits per heavy atom. The van der Waals surface area contributed by atoms with Gasteiger partial charge in [-0.05, 0) is 30.7 Å². The zero-order valence-corrected chi connectivity index (χ0v) is 13.4. The number of rotatable bonds is 6. The minimum atomic E-state index is -0.494. The lowest BCUT2D eigenvalue weighted by atomic mass is 9.96. The number of benzene rings is 1. The first-order chi connectivity index (χ1) is 9.85. The normalized spacial score (nSPS) is 13.8. The second-order valence-corrected chi connectivity index (χ2v) is 6.92. The maximum absolute atomic E-state index is 10.1. The molecule has 1 atom stereocenters. The van der Waals surface area contributed by atoms with Gasteiger partial charge in [-0.15, -0.1) is 0 Å². The molecule has 0 aliphatic rings. The summed E-state index contributed by atoms with van der Waals surface area (Å²) in [6.07, 6.45) is 1.40. The van der Waals surface area contributed by atoms with Crippen molar-refractivity contribution in [3.05, 3.63) is 30.5 Å². The number of likely N-dealkylation sites (N-methyl/N-ethyl adjacent to an activating group) is 1. The molecule has 0 radical (unpaired) electrons. The molecule has 2 aromatic rings. The molecule has 0 aliphatic carbocycles. The molecule has 1 aromatic heterocycles. The van der Waals surface area contributed by atoms with Crippen LogP contribution in [-0.4, -0.2) is 47.8 Å². The third kappa shape index (κ3) is 4.76. The summed E-state index contributed by atoms with van der Waals surface area (Å²) in [7, 11) is 2.03. The smallest absolute Gasteiger partial charge is 0.128 e. The van der Waals surface area contributed by atoms with Crippen LogP contribution in [0.2, 0.25) is 0 Å². The molecule has 4 nitrogen and oxygen atoms in total. The summed E-state index contributed by atoms with van der Waals surface area (Å²) < 4.78 is 5.77. The van der Waals surface area contributed by atoms with Crippen LogP contribution in [0.25, 0.3) is 10.9 Å². The van der Waals surface area contributed by atoms with Crippen molar-refractivity contribution in [1.82, 2.24) is 9.88 Å². The highest BCUT2D eigenvalue weighted by Gasteiger charge is 2.16. The van der Waals surface area contributed by atoms with Crippen molar-refractivity contribution in [1.29, 1.82) is 0 Å². The average Bonchev–Trinajstić information content (AvgIpc) is 2.82. The van der Waals surface area contributed by atoms with E-state index in [0.29, 0.717) is 13.2 Å². The van der Waals surface area contributed by atoms with Crippen LogP contribution in [0.4, 0.5) is 0 Å². The molecule has 0 spiro atoms. The highest BCUT2D eigenvalue weighted by atomic mass is 16.5. The second kappa shape index (κ2) is 6.50. The number of aromatic nitrogens is 1. The Bertz CT molecular complexity index is 571. The van der Waals surface area contributed by atoms with Crippen molar-refractivity contribution >= 4 is 10.9 Å². The Hall–Kier alpha value is -1.52.